The third-order valence-electron chi connectivity index (χ3n) is 4.74. The van der Waals surface area contributed by atoms with Crippen LogP contribution in [0.2, 0.25) is 5.02 Å². The zero-order chi connectivity index (χ0) is 18.3. The van der Waals surface area contributed by atoms with Crippen molar-refractivity contribution in [3.8, 4) is 0 Å². The van der Waals surface area contributed by atoms with Crippen LogP contribution in [0.5, 0.6) is 0 Å². The minimum atomic E-state index is -1.09. The second-order valence-electron chi connectivity index (χ2n) is 6.15. The lowest BCUT2D eigenvalue weighted by molar-refractivity contribution is -0.190. The number of ether oxygens (including phenoxy) is 1. The Kier molecular flexibility index (Phi) is 4.38. The van der Waals surface area contributed by atoms with Crippen molar-refractivity contribution in [3.63, 3.8) is 0 Å². The highest BCUT2D eigenvalue weighted by Gasteiger charge is 2.53. The fourth-order valence-corrected chi connectivity index (χ4v) is 3.85. The monoisotopic (exact) mass is 393 g/mol. The van der Waals surface area contributed by atoms with Crippen molar-refractivity contribution in [1.29, 1.82) is 0 Å². The van der Waals surface area contributed by atoms with Gasteiger partial charge in [0, 0.05) is 22.6 Å². The van der Waals surface area contributed by atoms with Crippen LogP contribution >= 0.6 is 23.8 Å². The number of nitrogens with zero attached hydrogens (tertiary/aromatic N) is 2. The van der Waals surface area contributed by atoms with Crippen LogP contribution in [0.3, 0.4) is 0 Å². The summed E-state index contributed by atoms with van der Waals surface area (Å²) in [5.74, 6) is -1.55. The number of H-pyrrole nitrogens is 1. The van der Waals surface area contributed by atoms with E-state index in [4.69, 9.17) is 28.6 Å². The zero-order valence-electron chi connectivity index (χ0n) is 13.5. The number of benzene rings is 2. The van der Waals surface area contributed by atoms with Crippen molar-refractivity contribution in [2.75, 3.05) is 6.61 Å². The molecule has 2 heterocycles. The lowest BCUT2D eigenvalue weighted by atomic mass is 9.73. The van der Waals surface area contributed by atoms with E-state index in [1.165, 1.54) is 23.1 Å². The van der Waals surface area contributed by atoms with Crippen LogP contribution in [-0.4, -0.2) is 21.4 Å². The van der Waals surface area contributed by atoms with Gasteiger partial charge in [-0.1, -0.05) is 35.9 Å². The normalized spacial score (nSPS) is 22.2. The average molecular weight is 394 g/mol. The van der Waals surface area contributed by atoms with Crippen molar-refractivity contribution in [2.45, 2.75) is 18.1 Å². The molecule has 0 unspecified atom stereocenters. The molecule has 8 heteroatoms. The number of rotatable bonds is 4. The summed E-state index contributed by atoms with van der Waals surface area (Å²) in [5, 5.41) is 4.72. The van der Waals surface area contributed by atoms with Crippen LogP contribution in [0.4, 0.5) is 8.78 Å². The third-order valence-corrected chi connectivity index (χ3v) is 5.42. The SMILES string of the molecule is Fc1ccc([C@]2(Cn3nc[nH]c3=S)OC[C@H]2c2ccccc2Cl)c(F)c1. The van der Waals surface area contributed by atoms with Crippen molar-refractivity contribution in [3.05, 3.63) is 81.3 Å². The lowest BCUT2D eigenvalue weighted by Gasteiger charge is -2.50. The van der Waals surface area contributed by atoms with Gasteiger partial charge < -0.3 is 9.72 Å². The van der Waals surface area contributed by atoms with Crippen molar-refractivity contribution < 1.29 is 13.5 Å². The molecule has 26 heavy (non-hydrogen) atoms. The highest BCUT2D eigenvalue weighted by Crippen LogP contribution is 2.51. The first-order valence-electron chi connectivity index (χ1n) is 7.96. The topological polar surface area (TPSA) is 42.8 Å². The summed E-state index contributed by atoms with van der Waals surface area (Å²) in [6.07, 6.45) is 1.46. The van der Waals surface area contributed by atoms with E-state index in [9.17, 15) is 8.78 Å². The molecule has 1 aromatic heterocycles. The van der Waals surface area contributed by atoms with Gasteiger partial charge in [0.15, 0.2) is 4.77 Å². The predicted octanol–water partition coefficient (Wildman–Crippen LogP) is 4.58. The maximum absolute atomic E-state index is 14.7. The van der Waals surface area contributed by atoms with Gasteiger partial charge in [-0.25, -0.2) is 13.5 Å². The van der Waals surface area contributed by atoms with Crippen LogP contribution < -0.4 is 0 Å². The van der Waals surface area contributed by atoms with Gasteiger partial charge in [0.25, 0.3) is 0 Å². The van der Waals surface area contributed by atoms with Crippen LogP contribution in [-0.2, 0) is 16.9 Å². The Hall–Kier alpha value is -2.09. The lowest BCUT2D eigenvalue weighted by Crippen LogP contribution is -2.52. The summed E-state index contributed by atoms with van der Waals surface area (Å²) in [5.41, 5.74) is 0.00194. The molecular weight excluding hydrogens is 380 g/mol. The summed E-state index contributed by atoms with van der Waals surface area (Å²) in [4.78, 5) is 2.81. The van der Waals surface area contributed by atoms with Crippen molar-refractivity contribution >= 4 is 23.8 Å². The smallest absolute Gasteiger partial charge is 0.195 e. The fourth-order valence-electron chi connectivity index (χ4n) is 3.42. The van der Waals surface area contributed by atoms with Gasteiger partial charge >= 0.3 is 0 Å². The Morgan fingerprint density at radius 2 is 2.12 bits per heavy atom. The molecule has 4 rings (SSSR count). The minimum absolute atomic E-state index is 0.174. The van der Waals surface area contributed by atoms with Gasteiger partial charge in [-0.2, -0.15) is 5.10 Å². The van der Waals surface area contributed by atoms with Crippen LogP contribution in [0.1, 0.15) is 17.0 Å². The van der Waals surface area contributed by atoms with E-state index in [1.807, 2.05) is 18.2 Å². The van der Waals surface area contributed by atoms with Crippen LogP contribution in [0.25, 0.3) is 0 Å². The standard InChI is InChI=1S/C18H14ClF2N3OS/c19-15-4-2-1-3-12(15)14-8-25-18(14,9-24-17(26)22-10-23-24)13-6-5-11(20)7-16(13)21/h1-7,10,14H,8-9H2,(H,22,23,26)/t14-,18-/m0/s1. The van der Waals surface area contributed by atoms with E-state index < -0.39 is 17.2 Å². The Morgan fingerprint density at radius 1 is 1.31 bits per heavy atom. The van der Waals surface area contributed by atoms with E-state index in [-0.39, 0.29) is 18.0 Å². The van der Waals surface area contributed by atoms with E-state index >= 15 is 0 Å². The number of hydrogen-bond acceptors (Lipinski definition) is 3. The highest BCUT2D eigenvalue weighted by molar-refractivity contribution is 7.71. The maximum Gasteiger partial charge on any atom is 0.195 e. The minimum Gasteiger partial charge on any atom is -0.367 e. The van der Waals surface area contributed by atoms with Crippen LogP contribution in [0.15, 0.2) is 48.8 Å². The average Bonchev–Trinajstić information content (AvgIpc) is 2.99. The van der Waals surface area contributed by atoms with Crippen molar-refractivity contribution in [2.24, 2.45) is 0 Å². The number of aromatic amines is 1. The summed E-state index contributed by atoms with van der Waals surface area (Å²) < 4.78 is 36.0. The first-order valence-corrected chi connectivity index (χ1v) is 8.74. The number of nitrogens with one attached hydrogen (secondary N) is 1. The summed E-state index contributed by atoms with van der Waals surface area (Å²) in [7, 11) is 0. The van der Waals surface area contributed by atoms with Gasteiger partial charge in [-0.3, -0.25) is 0 Å². The number of aromatic nitrogens is 3. The fraction of sp³-hybridized carbons (Fsp3) is 0.222. The van der Waals surface area contributed by atoms with E-state index in [1.54, 1.807) is 6.07 Å². The number of hydrogen-bond donors (Lipinski definition) is 1. The first kappa shape index (κ1) is 17.3. The zero-order valence-corrected chi connectivity index (χ0v) is 15.0. The van der Waals surface area contributed by atoms with Gasteiger partial charge in [0.1, 0.15) is 23.6 Å². The Labute approximate surface area is 158 Å². The molecule has 2 aromatic carbocycles. The molecular formula is C18H14ClF2N3OS. The largest absolute Gasteiger partial charge is 0.367 e. The van der Waals surface area contributed by atoms with E-state index in [2.05, 4.69) is 10.1 Å². The molecule has 134 valence electrons. The molecule has 1 aliphatic rings. The number of halogens is 3. The molecule has 0 radical (unpaired) electrons. The molecule has 0 amide bonds. The first-order chi connectivity index (χ1) is 12.5. The molecule has 0 saturated carbocycles. The summed E-state index contributed by atoms with van der Waals surface area (Å²) >= 11 is 11.6. The molecule has 4 nitrogen and oxygen atoms in total. The molecule has 2 atom stereocenters. The second kappa shape index (κ2) is 6.57. The Bertz CT molecular complexity index is 1020. The Balaban J connectivity index is 1.86. The van der Waals surface area contributed by atoms with E-state index in [0.29, 0.717) is 16.4 Å². The van der Waals surface area contributed by atoms with E-state index in [0.717, 1.165) is 11.6 Å². The van der Waals surface area contributed by atoms with Gasteiger partial charge in [-0.15, -0.1) is 0 Å². The molecule has 1 aliphatic heterocycles. The van der Waals surface area contributed by atoms with Gasteiger partial charge in [0.05, 0.1) is 13.2 Å². The van der Waals surface area contributed by atoms with Crippen LogP contribution in [0, 0.1) is 16.4 Å². The molecule has 0 bridgehead atoms. The Morgan fingerprint density at radius 3 is 2.73 bits per heavy atom. The van der Waals surface area contributed by atoms with Gasteiger partial charge in [0.2, 0.25) is 0 Å². The molecule has 1 fully saturated rings. The molecule has 3 aromatic rings. The summed E-state index contributed by atoms with van der Waals surface area (Å²) in [6, 6.07) is 10.8. The molecule has 1 N–H and O–H groups in total. The second-order valence-corrected chi connectivity index (χ2v) is 6.94. The molecule has 0 spiro atoms. The van der Waals surface area contributed by atoms with Gasteiger partial charge in [-0.05, 0) is 29.9 Å². The third kappa shape index (κ3) is 2.76. The highest BCUT2D eigenvalue weighted by atomic mass is 35.5. The molecule has 0 aliphatic carbocycles. The quantitative estimate of drug-likeness (QED) is 0.660. The predicted molar refractivity (Wildman–Crippen MR) is 95.6 cm³/mol. The van der Waals surface area contributed by atoms with Crippen molar-refractivity contribution in [1.82, 2.24) is 14.8 Å². The molecule has 1 saturated heterocycles. The summed E-state index contributed by atoms with van der Waals surface area (Å²) in [6.45, 7) is 0.534. The maximum atomic E-state index is 14.7.